The van der Waals surface area contributed by atoms with Crippen LogP contribution in [0.3, 0.4) is 0 Å². The first-order chi connectivity index (χ1) is 2.83. The Morgan fingerprint density at radius 2 is 1.00 bits per heavy atom. The summed E-state index contributed by atoms with van der Waals surface area (Å²) in [5.41, 5.74) is 0. The van der Waals surface area contributed by atoms with Crippen LogP contribution in [-0.2, 0) is 0 Å². The second-order valence-electron chi connectivity index (χ2n) is 1.000. The Morgan fingerprint density at radius 3 is 1.00 bits per heavy atom. The summed E-state index contributed by atoms with van der Waals surface area (Å²) in [6, 6.07) is 0. The van der Waals surface area contributed by atoms with E-state index in [2.05, 4.69) is 13.8 Å². The zero-order valence-electron chi connectivity index (χ0n) is 5.33. The SMILES string of the molecule is [CH2-]CC.[CH2-]CC.[U+2]. The Labute approximate surface area is 71.4 Å². The van der Waals surface area contributed by atoms with Crippen molar-refractivity contribution in [1.29, 1.82) is 0 Å². The van der Waals surface area contributed by atoms with Gasteiger partial charge < -0.3 is 13.8 Å². The van der Waals surface area contributed by atoms with Gasteiger partial charge in [0.15, 0.2) is 0 Å². The number of hydrogen-bond donors (Lipinski definition) is 0. The molecule has 0 fully saturated rings. The second kappa shape index (κ2) is 27.7. The molecule has 0 aromatic carbocycles. The predicted octanol–water partition coefficient (Wildman–Crippen LogP) is 2.46. The van der Waals surface area contributed by atoms with Gasteiger partial charge >= 0.3 is 31.1 Å². The molecule has 0 aromatic rings. The molecule has 0 nitrogen and oxygen atoms in total. The van der Waals surface area contributed by atoms with E-state index < -0.39 is 0 Å². The first-order valence-electron chi connectivity index (χ1n) is 2.41. The van der Waals surface area contributed by atoms with E-state index in [1.807, 2.05) is 13.8 Å². The first kappa shape index (κ1) is 15.7. The summed E-state index contributed by atoms with van der Waals surface area (Å²) in [6.07, 6.45) is 2.00. The first-order valence-corrected chi connectivity index (χ1v) is 2.41. The molecule has 0 radical (unpaired) electrons. The van der Waals surface area contributed by atoms with Crippen LogP contribution in [0.4, 0.5) is 0 Å². The maximum atomic E-state index is 3.49. The largest absolute Gasteiger partial charge is 2.00 e. The molecule has 0 saturated heterocycles. The van der Waals surface area contributed by atoms with Crippen molar-refractivity contribution in [2.24, 2.45) is 0 Å². The third-order valence-corrected chi connectivity index (χ3v) is 0. The summed E-state index contributed by atoms with van der Waals surface area (Å²) in [7, 11) is 0. The van der Waals surface area contributed by atoms with Crippen molar-refractivity contribution >= 4 is 0 Å². The molecule has 0 aromatic heterocycles. The minimum Gasteiger partial charge on any atom is -0.344 e. The Morgan fingerprint density at radius 1 is 1.00 bits per heavy atom. The van der Waals surface area contributed by atoms with Crippen molar-refractivity contribution in [2.75, 3.05) is 0 Å². The Balaban J connectivity index is -0.0000000400. The van der Waals surface area contributed by atoms with Gasteiger partial charge in [0.2, 0.25) is 0 Å². The third-order valence-electron chi connectivity index (χ3n) is 0. The fourth-order valence-electron chi connectivity index (χ4n) is 0. The molecule has 0 N–H and O–H groups in total. The van der Waals surface area contributed by atoms with Crippen molar-refractivity contribution < 1.29 is 31.1 Å². The molecule has 0 atom stereocenters. The van der Waals surface area contributed by atoms with Crippen LogP contribution in [-0.4, -0.2) is 0 Å². The predicted molar refractivity (Wildman–Crippen MR) is 31.3 cm³/mol. The van der Waals surface area contributed by atoms with Crippen molar-refractivity contribution in [2.45, 2.75) is 26.7 Å². The van der Waals surface area contributed by atoms with Crippen LogP contribution in [0.1, 0.15) is 26.7 Å². The molecule has 0 spiro atoms. The topological polar surface area (TPSA) is 0 Å². The van der Waals surface area contributed by atoms with E-state index in [1.165, 1.54) is 0 Å². The summed E-state index contributed by atoms with van der Waals surface area (Å²) in [4.78, 5) is 0. The van der Waals surface area contributed by atoms with Crippen molar-refractivity contribution in [3.05, 3.63) is 13.8 Å². The molecule has 0 rings (SSSR count). The molecule has 1 heteroatoms. The van der Waals surface area contributed by atoms with Gasteiger partial charge in [-0.2, -0.15) is 12.8 Å². The Bertz CT molecular complexity index is 6.14. The molecular weight excluding hydrogens is 310 g/mol. The van der Waals surface area contributed by atoms with Crippen LogP contribution >= 0.6 is 0 Å². The van der Waals surface area contributed by atoms with E-state index in [0.29, 0.717) is 0 Å². The molecule has 0 aliphatic heterocycles. The maximum Gasteiger partial charge on any atom is 2.00 e. The van der Waals surface area contributed by atoms with Crippen LogP contribution in [0.2, 0.25) is 0 Å². The van der Waals surface area contributed by atoms with Gasteiger partial charge in [0.25, 0.3) is 0 Å². The van der Waals surface area contributed by atoms with E-state index in [1.54, 1.807) is 0 Å². The Kier molecular flexibility index (Phi) is 62.2. The Hall–Kier alpha value is 1.05. The molecule has 7 heavy (non-hydrogen) atoms. The van der Waals surface area contributed by atoms with Crippen molar-refractivity contribution in [3.63, 3.8) is 0 Å². The zero-order valence-corrected chi connectivity index (χ0v) is 9.49. The summed E-state index contributed by atoms with van der Waals surface area (Å²) in [6.45, 7) is 11.0. The third kappa shape index (κ3) is 163. The van der Waals surface area contributed by atoms with E-state index in [4.69, 9.17) is 0 Å². The molecule has 0 bridgehead atoms. The molecule has 42 valence electrons. The van der Waals surface area contributed by atoms with Gasteiger partial charge in [-0.3, -0.25) is 0 Å². The van der Waals surface area contributed by atoms with Crippen molar-refractivity contribution in [1.82, 2.24) is 0 Å². The molecule has 0 aliphatic carbocycles. The van der Waals surface area contributed by atoms with Crippen LogP contribution < -0.4 is 0 Å². The standard InChI is InChI=1S/2C3H7.U/c2*1-3-2;/h2*1,3H2,2H3;/q2*-1;+2. The van der Waals surface area contributed by atoms with E-state index >= 15 is 0 Å². The van der Waals surface area contributed by atoms with Gasteiger partial charge in [0, 0.05) is 0 Å². The van der Waals surface area contributed by atoms with Crippen LogP contribution in [0.5, 0.6) is 0 Å². The van der Waals surface area contributed by atoms with Gasteiger partial charge in [0.1, 0.15) is 0 Å². The quantitative estimate of drug-likeness (QED) is 0.601. The normalized spacial score (nSPS) is 5.14. The number of rotatable bonds is 0. The second-order valence-corrected chi connectivity index (χ2v) is 1.000. The monoisotopic (exact) mass is 324 g/mol. The van der Waals surface area contributed by atoms with Crippen LogP contribution in [0.15, 0.2) is 0 Å². The van der Waals surface area contributed by atoms with Gasteiger partial charge in [-0.1, -0.05) is 13.8 Å². The fraction of sp³-hybridized carbons (Fsp3) is 0.667. The minimum atomic E-state index is 0. The van der Waals surface area contributed by atoms with E-state index in [0.717, 1.165) is 12.8 Å². The zero-order chi connectivity index (χ0) is 5.41. The van der Waals surface area contributed by atoms with E-state index in [-0.39, 0.29) is 31.1 Å². The van der Waals surface area contributed by atoms with Gasteiger partial charge in [-0.05, 0) is 0 Å². The maximum absolute atomic E-state index is 3.49. The molecule has 0 aliphatic rings. The van der Waals surface area contributed by atoms with Crippen molar-refractivity contribution in [3.8, 4) is 0 Å². The molecule has 0 heterocycles. The molecular formula is C6H14U. The van der Waals surface area contributed by atoms with Gasteiger partial charge in [-0.15, -0.1) is 0 Å². The molecule has 0 amide bonds. The fourth-order valence-corrected chi connectivity index (χ4v) is 0. The number of hydrogen-bond acceptors (Lipinski definition) is 0. The van der Waals surface area contributed by atoms with Crippen LogP contribution in [0, 0.1) is 45.0 Å². The summed E-state index contributed by atoms with van der Waals surface area (Å²) in [5, 5.41) is 0. The summed E-state index contributed by atoms with van der Waals surface area (Å²) < 4.78 is 0. The van der Waals surface area contributed by atoms with E-state index in [9.17, 15) is 0 Å². The van der Waals surface area contributed by atoms with Crippen LogP contribution in [0.25, 0.3) is 0 Å². The summed E-state index contributed by atoms with van der Waals surface area (Å²) >= 11 is 0. The van der Waals surface area contributed by atoms with Gasteiger partial charge in [-0.25, -0.2) is 0 Å². The summed E-state index contributed by atoms with van der Waals surface area (Å²) in [5.74, 6) is 0. The van der Waals surface area contributed by atoms with Gasteiger partial charge in [0.05, 0.1) is 0 Å². The molecule has 0 unspecified atom stereocenters. The minimum absolute atomic E-state index is 0. The molecule has 0 saturated carbocycles. The average molecular weight is 324 g/mol. The smallest absolute Gasteiger partial charge is 0.344 e. The average Bonchev–Trinajstić information content (AvgIpc) is 1.39.